The lowest BCUT2D eigenvalue weighted by molar-refractivity contribution is 0.0903. The molecule has 3 heterocycles. The van der Waals surface area contributed by atoms with Crippen molar-refractivity contribution in [3.05, 3.63) is 41.3 Å². The van der Waals surface area contributed by atoms with E-state index >= 15 is 4.39 Å². The van der Waals surface area contributed by atoms with Crippen LogP contribution < -0.4 is 10.0 Å². The van der Waals surface area contributed by atoms with Crippen molar-refractivity contribution in [2.45, 2.75) is 58.4 Å². The van der Waals surface area contributed by atoms with Gasteiger partial charge < -0.3 is 10.1 Å². The maximum Gasteiger partial charge on any atom is 0.232 e. The van der Waals surface area contributed by atoms with E-state index in [0.717, 1.165) is 17.8 Å². The second kappa shape index (κ2) is 10.8. The van der Waals surface area contributed by atoms with Gasteiger partial charge >= 0.3 is 0 Å². The molecular formula is C25H32FN5O3S2. The Balaban J connectivity index is 1.76. The maximum absolute atomic E-state index is 15.7. The summed E-state index contributed by atoms with van der Waals surface area (Å²) in [4.78, 5) is 14.6. The predicted molar refractivity (Wildman–Crippen MR) is 142 cm³/mol. The smallest absolute Gasteiger partial charge is 0.232 e. The molecule has 0 radical (unpaired) electrons. The Morgan fingerprint density at radius 1 is 1.17 bits per heavy atom. The van der Waals surface area contributed by atoms with E-state index in [1.807, 2.05) is 20.8 Å². The van der Waals surface area contributed by atoms with Crippen molar-refractivity contribution in [3.8, 4) is 21.8 Å². The van der Waals surface area contributed by atoms with Crippen LogP contribution in [0.25, 0.3) is 21.8 Å². The zero-order valence-corrected chi connectivity index (χ0v) is 22.6. The molecule has 1 aliphatic rings. The molecule has 1 saturated heterocycles. The molecule has 1 aromatic carbocycles. The van der Waals surface area contributed by atoms with Gasteiger partial charge in [-0.15, -0.1) is 11.3 Å². The number of ether oxygens (including phenoxy) is 1. The number of anilines is 2. The number of sulfonamides is 1. The van der Waals surface area contributed by atoms with Gasteiger partial charge in [0.05, 0.1) is 32.7 Å². The summed E-state index contributed by atoms with van der Waals surface area (Å²) in [6.45, 7) is 9.29. The third kappa shape index (κ3) is 6.19. The molecule has 0 atom stereocenters. The number of halogens is 1. The van der Waals surface area contributed by atoms with Gasteiger partial charge in [0.15, 0.2) is 5.82 Å². The summed E-state index contributed by atoms with van der Waals surface area (Å²) in [6, 6.07) is 6.67. The number of nitrogens with zero attached hydrogens (tertiary/aromatic N) is 3. The second-order valence-corrected chi connectivity index (χ2v) is 12.7. The molecule has 3 aromatic rings. The van der Waals surface area contributed by atoms with E-state index in [0.29, 0.717) is 41.8 Å². The van der Waals surface area contributed by atoms with Gasteiger partial charge in [-0.1, -0.05) is 33.8 Å². The Kier molecular flexibility index (Phi) is 7.91. The molecule has 0 bridgehead atoms. The van der Waals surface area contributed by atoms with Gasteiger partial charge in [0.2, 0.25) is 16.0 Å². The summed E-state index contributed by atoms with van der Waals surface area (Å²) < 4.78 is 48.1. The highest BCUT2D eigenvalue weighted by Gasteiger charge is 2.27. The normalized spacial score (nSPS) is 15.1. The molecule has 1 aliphatic heterocycles. The standard InChI is InChI=1S/C25H32FN5O3S2/c1-5-15-36(32,33)31-18-8-6-7-17(20(18)26)21-22(35-23(30-21)25(2,3)4)19-9-12-27-24(29-19)28-16-10-13-34-14-11-16/h6-9,12,16,31H,5,10-11,13-15H2,1-4H3,(H,27,28,29). The fourth-order valence-electron chi connectivity index (χ4n) is 3.86. The largest absolute Gasteiger partial charge is 0.381 e. The number of aromatic nitrogens is 3. The zero-order valence-electron chi connectivity index (χ0n) is 21.0. The van der Waals surface area contributed by atoms with Crippen molar-refractivity contribution in [3.63, 3.8) is 0 Å². The molecule has 0 amide bonds. The first-order chi connectivity index (χ1) is 17.1. The minimum absolute atomic E-state index is 0.0867. The molecule has 1 fully saturated rings. The van der Waals surface area contributed by atoms with Crippen LogP contribution in [-0.2, 0) is 20.2 Å². The van der Waals surface area contributed by atoms with Crippen LogP contribution >= 0.6 is 11.3 Å². The van der Waals surface area contributed by atoms with Crippen LogP contribution in [0.3, 0.4) is 0 Å². The van der Waals surface area contributed by atoms with E-state index in [9.17, 15) is 8.42 Å². The molecule has 0 saturated carbocycles. The Morgan fingerprint density at radius 3 is 2.61 bits per heavy atom. The van der Waals surface area contributed by atoms with Crippen LogP contribution in [0.2, 0.25) is 0 Å². The number of benzene rings is 1. The maximum atomic E-state index is 15.7. The quantitative estimate of drug-likeness (QED) is 0.397. The van der Waals surface area contributed by atoms with E-state index in [2.05, 4.69) is 15.0 Å². The monoisotopic (exact) mass is 533 g/mol. The SMILES string of the molecule is CCCS(=O)(=O)Nc1cccc(-c2nc(C(C)(C)C)sc2-c2ccnc(NC3CCOCC3)n2)c1F. The molecule has 0 aliphatic carbocycles. The Labute approximate surface area is 215 Å². The van der Waals surface area contributed by atoms with Crippen molar-refractivity contribution in [2.75, 3.05) is 29.0 Å². The highest BCUT2D eigenvalue weighted by molar-refractivity contribution is 7.92. The highest BCUT2D eigenvalue weighted by atomic mass is 32.2. The third-order valence-electron chi connectivity index (χ3n) is 5.70. The van der Waals surface area contributed by atoms with E-state index < -0.39 is 15.8 Å². The zero-order chi connectivity index (χ0) is 25.9. The van der Waals surface area contributed by atoms with E-state index in [1.165, 1.54) is 17.4 Å². The molecule has 0 spiro atoms. The molecule has 4 rings (SSSR count). The van der Waals surface area contributed by atoms with Crippen LogP contribution in [0.1, 0.15) is 52.0 Å². The summed E-state index contributed by atoms with van der Waals surface area (Å²) in [5, 5.41) is 4.20. The van der Waals surface area contributed by atoms with Gasteiger partial charge in [-0.3, -0.25) is 4.72 Å². The van der Waals surface area contributed by atoms with Crippen molar-refractivity contribution in [2.24, 2.45) is 0 Å². The van der Waals surface area contributed by atoms with Gasteiger partial charge in [0, 0.05) is 36.4 Å². The van der Waals surface area contributed by atoms with Crippen molar-refractivity contribution in [1.29, 1.82) is 0 Å². The molecule has 194 valence electrons. The molecule has 36 heavy (non-hydrogen) atoms. The Hall–Kier alpha value is -2.63. The van der Waals surface area contributed by atoms with Gasteiger partial charge in [-0.25, -0.2) is 27.8 Å². The van der Waals surface area contributed by atoms with E-state index in [4.69, 9.17) is 14.7 Å². The lowest BCUT2D eigenvalue weighted by atomic mass is 9.98. The molecule has 0 unspecified atom stereocenters. The summed E-state index contributed by atoms with van der Waals surface area (Å²) in [7, 11) is -3.65. The molecule has 8 nitrogen and oxygen atoms in total. The van der Waals surface area contributed by atoms with E-state index in [1.54, 1.807) is 31.3 Å². The van der Waals surface area contributed by atoms with Crippen LogP contribution in [0.4, 0.5) is 16.0 Å². The van der Waals surface area contributed by atoms with Gasteiger partial charge in [-0.2, -0.15) is 0 Å². The first-order valence-corrected chi connectivity index (χ1v) is 14.5. The Bertz CT molecular complexity index is 1320. The minimum atomic E-state index is -3.65. The summed E-state index contributed by atoms with van der Waals surface area (Å²) in [6.07, 6.45) is 3.86. The third-order valence-corrected chi connectivity index (χ3v) is 8.68. The van der Waals surface area contributed by atoms with E-state index in [-0.39, 0.29) is 28.5 Å². The number of hydrogen-bond acceptors (Lipinski definition) is 8. The van der Waals surface area contributed by atoms with Gasteiger partial charge in [0.1, 0.15) is 0 Å². The molecular weight excluding hydrogens is 501 g/mol. The predicted octanol–water partition coefficient (Wildman–Crippen LogP) is 5.45. The summed E-state index contributed by atoms with van der Waals surface area (Å²) in [5.41, 5.74) is 0.895. The topological polar surface area (TPSA) is 106 Å². The van der Waals surface area contributed by atoms with Gasteiger partial charge in [0.25, 0.3) is 0 Å². The second-order valence-electron chi connectivity index (χ2n) is 9.83. The first-order valence-electron chi connectivity index (χ1n) is 12.1. The van der Waals surface area contributed by atoms with Crippen LogP contribution in [0.5, 0.6) is 0 Å². The number of rotatable bonds is 8. The molecule has 2 N–H and O–H groups in total. The number of nitrogens with one attached hydrogen (secondary N) is 2. The fourth-order valence-corrected chi connectivity index (χ4v) is 6.10. The highest BCUT2D eigenvalue weighted by Crippen LogP contribution is 2.42. The summed E-state index contributed by atoms with van der Waals surface area (Å²) >= 11 is 1.45. The fraction of sp³-hybridized carbons (Fsp3) is 0.480. The average molecular weight is 534 g/mol. The lowest BCUT2D eigenvalue weighted by Crippen LogP contribution is -2.28. The minimum Gasteiger partial charge on any atom is -0.381 e. The molecule has 11 heteroatoms. The number of thiazole rings is 1. The average Bonchev–Trinajstić information content (AvgIpc) is 3.27. The first kappa shape index (κ1) is 26.4. The van der Waals surface area contributed by atoms with Crippen molar-refractivity contribution >= 4 is 33.0 Å². The van der Waals surface area contributed by atoms with Crippen LogP contribution in [0, 0.1) is 5.82 Å². The number of hydrogen-bond donors (Lipinski definition) is 2. The Morgan fingerprint density at radius 2 is 1.92 bits per heavy atom. The van der Waals surface area contributed by atoms with Gasteiger partial charge in [-0.05, 0) is 37.5 Å². The van der Waals surface area contributed by atoms with Crippen LogP contribution in [-0.4, -0.2) is 48.4 Å². The van der Waals surface area contributed by atoms with Crippen molar-refractivity contribution in [1.82, 2.24) is 15.0 Å². The van der Waals surface area contributed by atoms with Crippen molar-refractivity contribution < 1.29 is 17.5 Å². The lowest BCUT2D eigenvalue weighted by Gasteiger charge is -2.23. The molecule has 2 aromatic heterocycles. The van der Waals surface area contributed by atoms with Crippen LogP contribution in [0.15, 0.2) is 30.5 Å². The summed E-state index contributed by atoms with van der Waals surface area (Å²) in [5.74, 6) is -0.257.